The van der Waals surface area contributed by atoms with Crippen LogP contribution in [0.25, 0.3) is 0 Å². The Bertz CT molecular complexity index is 491. The molecule has 0 radical (unpaired) electrons. The zero-order valence-corrected chi connectivity index (χ0v) is 13.8. The summed E-state index contributed by atoms with van der Waals surface area (Å²) in [6.07, 6.45) is 0.929. The quantitative estimate of drug-likeness (QED) is 0.647. The van der Waals surface area contributed by atoms with Crippen LogP contribution in [0.5, 0.6) is 5.75 Å². The first kappa shape index (κ1) is 18.4. The largest absolute Gasteiger partial charge is 0.482 e. The monoisotopic (exact) mass is 325 g/mol. The van der Waals surface area contributed by atoms with E-state index in [4.69, 9.17) is 9.84 Å². The van der Waals surface area contributed by atoms with Crippen LogP contribution in [0.3, 0.4) is 0 Å². The molecule has 5 nitrogen and oxygen atoms in total. The molecule has 1 aromatic rings. The summed E-state index contributed by atoms with van der Waals surface area (Å²) in [6, 6.07) is 6.52. The van der Waals surface area contributed by atoms with Crippen LogP contribution in [-0.2, 0) is 4.79 Å². The molecular formula is C16H23NO4S. The number of rotatable bonds is 10. The van der Waals surface area contributed by atoms with Gasteiger partial charge in [0, 0.05) is 12.1 Å². The van der Waals surface area contributed by atoms with Gasteiger partial charge in [-0.1, -0.05) is 19.9 Å². The normalized spacial score (nSPS) is 10.5. The van der Waals surface area contributed by atoms with Gasteiger partial charge in [0.05, 0.1) is 0 Å². The molecule has 0 saturated carbocycles. The number of carbonyl (C=O) groups excluding carboxylic acids is 1. The maximum absolute atomic E-state index is 12.0. The van der Waals surface area contributed by atoms with Gasteiger partial charge in [-0.15, -0.1) is 0 Å². The first-order chi connectivity index (χ1) is 10.5. The van der Waals surface area contributed by atoms with E-state index >= 15 is 0 Å². The van der Waals surface area contributed by atoms with Crippen LogP contribution < -0.4 is 10.1 Å². The standard InChI is InChI=1S/C16H23NO4S/c1-12(2)11-22-8-4-7-17-16(20)13-5-3-6-14(9-13)21-10-15(18)19/h3,5-6,9,12H,4,7-8,10-11H2,1-2H3,(H,17,20)(H,18,19). The first-order valence-electron chi connectivity index (χ1n) is 7.29. The molecule has 122 valence electrons. The van der Waals surface area contributed by atoms with Gasteiger partial charge in [0.2, 0.25) is 0 Å². The second kappa shape index (κ2) is 10.1. The molecule has 0 aromatic heterocycles. The average Bonchev–Trinajstić information content (AvgIpc) is 2.48. The fourth-order valence-corrected chi connectivity index (χ4v) is 2.66. The summed E-state index contributed by atoms with van der Waals surface area (Å²) < 4.78 is 5.06. The third kappa shape index (κ3) is 7.93. The minimum Gasteiger partial charge on any atom is -0.482 e. The van der Waals surface area contributed by atoms with Crippen LogP contribution in [-0.4, -0.2) is 41.6 Å². The summed E-state index contributed by atoms with van der Waals surface area (Å²) in [6.45, 7) is 4.59. The van der Waals surface area contributed by atoms with Gasteiger partial charge in [-0.3, -0.25) is 4.79 Å². The van der Waals surface area contributed by atoms with Gasteiger partial charge in [0.1, 0.15) is 5.75 Å². The topological polar surface area (TPSA) is 75.6 Å². The molecule has 2 N–H and O–H groups in total. The highest BCUT2D eigenvalue weighted by atomic mass is 32.2. The number of carbonyl (C=O) groups is 2. The number of aliphatic carboxylic acids is 1. The van der Waals surface area contributed by atoms with Crippen molar-refractivity contribution in [3.63, 3.8) is 0 Å². The molecule has 0 bridgehead atoms. The lowest BCUT2D eigenvalue weighted by atomic mass is 10.2. The Hall–Kier alpha value is -1.69. The van der Waals surface area contributed by atoms with E-state index in [9.17, 15) is 9.59 Å². The van der Waals surface area contributed by atoms with Crippen molar-refractivity contribution in [1.29, 1.82) is 0 Å². The number of carboxylic acids is 1. The summed E-state index contributed by atoms with van der Waals surface area (Å²) in [5, 5.41) is 11.4. The number of thioether (sulfide) groups is 1. The predicted octanol–water partition coefficient (Wildman–Crippen LogP) is 2.66. The summed E-state index contributed by atoms with van der Waals surface area (Å²) in [7, 11) is 0. The molecule has 0 heterocycles. The third-order valence-electron chi connectivity index (χ3n) is 2.66. The summed E-state index contributed by atoms with van der Waals surface area (Å²) in [4.78, 5) is 22.4. The van der Waals surface area contributed by atoms with Crippen LogP contribution in [0.4, 0.5) is 0 Å². The van der Waals surface area contributed by atoms with E-state index in [1.807, 2.05) is 11.8 Å². The van der Waals surface area contributed by atoms with Crippen LogP contribution in [0.2, 0.25) is 0 Å². The molecule has 1 rings (SSSR count). The SMILES string of the molecule is CC(C)CSCCCNC(=O)c1cccc(OCC(=O)O)c1. The molecule has 0 saturated heterocycles. The smallest absolute Gasteiger partial charge is 0.341 e. The molecule has 1 aromatic carbocycles. The van der Waals surface area contributed by atoms with Gasteiger partial charge in [0.25, 0.3) is 5.91 Å². The van der Waals surface area contributed by atoms with Crippen LogP contribution in [0.15, 0.2) is 24.3 Å². The van der Waals surface area contributed by atoms with Crippen molar-refractivity contribution in [1.82, 2.24) is 5.32 Å². The van der Waals surface area contributed by atoms with E-state index in [0.717, 1.165) is 17.9 Å². The minimum absolute atomic E-state index is 0.172. The van der Waals surface area contributed by atoms with Crippen molar-refractivity contribution >= 4 is 23.6 Å². The summed E-state index contributed by atoms with van der Waals surface area (Å²) >= 11 is 1.89. The third-order valence-corrected chi connectivity index (χ3v) is 4.14. The van der Waals surface area contributed by atoms with Crippen LogP contribution >= 0.6 is 11.8 Å². The fraction of sp³-hybridized carbons (Fsp3) is 0.500. The van der Waals surface area contributed by atoms with E-state index < -0.39 is 12.6 Å². The van der Waals surface area contributed by atoms with Gasteiger partial charge >= 0.3 is 5.97 Å². The van der Waals surface area contributed by atoms with Gasteiger partial charge in [-0.05, 0) is 42.0 Å². The molecule has 1 amide bonds. The fourth-order valence-electron chi connectivity index (χ4n) is 1.67. The number of amides is 1. The summed E-state index contributed by atoms with van der Waals surface area (Å²) in [5.41, 5.74) is 0.470. The van der Waals surface area contributed by atoms with Gasteiger partial charge < -0.3 is 15.2 Å². The van der Waals surface area contributed by atoms with Crippen molar-refractivity contribution in [2.24, 2.45) is 5.92 Å². The Morgan fingerprint density at radius 1 is 1.36 bits per heavy atom. The number of ether oxygens (including phenoxy) is 1. The molecule has 0 spiro atoms. The van der Waals surface area contributed by atoms with Crippen molar-refractivity contribution < 1.29 is 19.4 Å². The minimum atomic E-state index is -1.05. The molecule has 0 aliphatic rings. The average molecular weight is 325 g/mol. The highest BCUT2D eigenvalue weighted by Crippen LogP contribution is 2.13. The van der Waals surface area contributed by atoms with E-state index in [2.05, 4.69) is 19.2 Å². The Kier molecular flexibility index (Phi) is 8.43. The highest BCUT2D eigenvalue weighted by Gasteiger charge is 2.07. The van der Waals surface area contributed by atoms with E-state index in [-0.39, 0.29) is 5.91 Å². The molecule has 6 heteroatoms. The lowest BCUT2D eigenvalue weighted by Crippen LogP contribution is -2.24. The van der Waals surface area contributed by atoms with Crippen molar-refractivity contribution in [3.05, 3.63) is 29.8 Å². The molecule has 22 heavy (non-hydrogen) atoms. The number of carboxylic acid groups (broad SMARTS) is 1. The van der Waals surface area contributed by atoms with E-state index in [1.165, 1.54) is 0 Å². The number of hydrogen-bond acceptors (Lipinski definition) is 4. The lowest BCUT2D eigenvalue weighted by molar-refractivity contribution is -0.139. The van der Waals surface area contributed by atoms with Crippen molar-refractivity contribution in [2.45, 2.75) is 20.3 Å². The Balaban J connectivity index is 2.32. The maximum atomic E-state index is 12.0. The highest BCUT2D eigenvalue weighted by molar-refractivity contribution is 7.99. The van der Waals surface area contributed by atoms with Crippen molar-refractivity contribution in [3.8, 4) is 5.75 Å². The first-order valence-corrected chi connectivity index (χ1v) is 8.45. The van der Waals surface area contributed by atoms with E-state index in [0.29, 0.717) is 23.8 Å². The Morgan fingerprint density at radius 3 is 2.82 bits per heavy atom. The Morgan fingerprint density at radius 2 is 2.14 bits per heavy atom. The molecule has 0 fully saturated rings. The van der Waals surface area contributed by atoms with Crippen molar-refractivity contribution in [2.75, 3.05) is 24.7 Å². The number of benzene rings is 1. The van der Waals surface area contributed by atoms with Gasteiger partial charge in [0.15, 0.2) is 6.61 Å². The van der Waals surface area contributed by atoms with Crippen LogP contribution in [0, 0.1) is 5.92 Å². The van der Waals surface area contributed by atoms with Gasteiger partial charge in [-0.2, -0.15) is 11.8 Å². The van der Waals surface area contributed by atoms with Crippen LogP contribution in [0.1, 0.15) is 30.6 Å². The lowest BCUT2D eigenvalue weighted by Gasteiger charge is -2.08. The number of hydrogen-bond donors (Lipinski definition) is 2. The van der Waals surface area contributed by atoms with E-state index in [1.54, 1.807) is 24.3 Å². The van der Waals surface area contributed by atoms with Gasteiger partial charge in [-0.25, -0.2) is 4.79 Å². The predicted molar refractivity (Wildman–Crippen MR) is 88.7 cm³/mol. The maximum Gasteiger partial charge on any atom is 0.341 e. The second-order valence-electron chi connectivity index (χ2n) is 5.29. The molecule has 0 atom stereocenters. The molecule has 0 aliphatic carbocycles. The molecule has 0 aliphatic heterocycles. The zero-order chi connectivity index (χ0) is 16.4. The zero-order valence-electron chi connectivity index (χ0n) is 13.0. The molecule has 0 unspecified atom stereocenters. The second-order valence-corrected chi connectivity index (χ2v) is 6.44. The molecular weight excluding hydrogens is 302 g/mol. The number of nitrogens with one attached hydrogen (secondary N) is 1. The summed E-state index contributed by atoms with van der Waals surface area (Å²) in [5.74, 6) is 2.01. The Labute approximate surface area is 135 Å².